The molecule has 0 unspecified atom stereocenters. The van der Waals surface area contributed by atoms with Crippen molar-refractivity contribution in [1.29, 1.82) is 0 Å². The summed E-state index contributed by atoms with van der Waals surface area (Å²) < 4.78 is 28.6. The lowest BCUT2D eigenvalue weighted by atomic mass is 9.84. The molecule has 0 aliphatic carbocycles. The van der Waals surface area contributed by atoms with Gasteiger partial charge < -0.3 is 29.8 Å². The third-order valence-electron chi connectivity index (χ3n) is 12.7. The summed E-state index contributed by atoms with van der Waals surface area (Å²) in [5, 5.41) is 18.0. The summed E-state index contributed by atoms with van der Waals surface area (Å²) in [7, 11) is 0. The van der Waals surface area contributed by atoms with E-state index in [1.807, 2.05) is 33.8 Å². The Morgan fingerprint density at radius 2 is 1.75 bits per heavy atom. The van der Waals surface area contributed by atoms with Crippen LogP contribution in [0.3, 0.4) is 0 Å². The second-order valence-electron chi connectivity index (χ2n) is 17.2. The van der Waals surface area contributed by atoms with Crippen LogP contribution in [0.4, 0.5) is 4.39 Å². The fourth-order valence-electron chi connectivity index (χ4n) is 8.95. The fourth-order valence-corrected chi connectivity index (χ4v) is 8.95. The van der Waals surface area contributed by atoms with Crippen LogP contribution in [-0.4, -0.2) is 74.9 Å². The van der Waals surface area contributed by atoms with Crippen molar-refractivity contribution in [2.45, 2.75) is 131 Å². The van der Waals surface area contributed by atoms with Gasteiger partial charge in [0, 0.05) is 66.6 Å². The molecule has 15 heteroatoms. The van der Waals surface area contributed by atoms with Gasteiger partial charge in [-0.15, -0.1) is 0 Å². The van der Waals surface area contributed by atoms with Crippen LogP contribution < -0.4 is 16.2 Å². The zero-order valence-electron chi connectivity index (χ0n) is 37.3. The molecule has 1 aromatic carbocycles. The molecule has 3 atom stereocenters. The van der Waals surface area contributed by atoms with E-state index in [1.165, 1.54) is 23.1 Å². The van der Waals surface area contributed by atoms with E-state index in [0.29, 0.717) is 98.2 Å². The van der Waals surface area contributed by atoms with Crippen molar-refractivity contribution in [2.24, 2.45) is 11.8 Å². The van der Waals surface area contributed by atoms with E-state index in [1.54, 1.807) is 18.4 Å². The number of halogens is 1. The minimum atomic E-state index is -1.51. The molecule has 0 spiro atoms. The van der Waals surface area contributed by atoms with Gasteiger partial charge in [0.05, 0.1) is 35.1 Å². The first kappa shape index (κ1) is 47.0. The van der Waals surface area contributed by atoms with Crippen molar-refractivity contribution in [1.82, 2.24) is 25.1 Å². The Labute approximate surface area is 367 Å². The number of aryl methyl sites for hydroxylation is 2. The molecule has 4 amide bonds. The number of carbonyl (C=O) groups excluding carboxylic acids is 5. The van der Waals surface area contributed by atoms with Crippen molar-refractivity contribution in [3.8, 4) is 11.4 Å². The number of amides is 4. The predicted molar refractivity (Wildman–Crippen MR) is 235 cm³/mol. The van der Waals surface area contributed by atoms with Crippen LogP contribution in [0.25, 0.3) is 22.3 Å². The van der Waals surface area contributed by atoms with Gasteiger partial charge in [0.15, 0.2) is 5.78 Å². The Morgan fingerprint density at radius 3 is 2.43 bits per heavy atom. The van der Waals surface area contributed by atoms with Crippen molar-refractivity contribution >= 4 is 40.3 Å². The lowest BCUT2D eigenvalue weighted by Gasteiger charge is -2.35. The summed E-state index contributed by atoms with van der Waals surface area (Å²) in [4.78, 5) is 82.2. The second kappa shape index (κ2) is 19.9. The van der Waals surface area contributed by atoms with E-state index >= 15 is 4.39 Å². The van der Waals surface area contributed by atoms with Crippen LogP contribution >= 0.6 is 0 Å². The summed E-state index contributed by atoms with van der Waals surface area (Å²) in [6, 6.07) is 2.53. The van der Waals surface area contributed by atoms with Crippen molar-refractivity contribution in [2.75, 3.05) is 19.9 Å². The molecule has 338 valence electrons. The zero-order chi connectivity index (χ0) is 45.7. The highest BCUT2D eigenvalue weighted by Gasteiger charge is 2.42. The van der Waals surface area contributed by atoms with Crippen molar-refractivity contribution in [3.05, 3.63) is 86.2 Å². The minimum Gasteiger partial charge on any atom is -0.490 e. The molecular formula is C48H60FN5O9. The van der Waals surface area contributed by atoms with E-state index in [0.717, 1.165) is 22.1 Å². The number of nitrogens with zero attached hydrogens (tertiary/aromatic N) is 3. The van der Waals surface area contributed by atoms with Crippen LogP contribution in [0.1, 0.15) is 119 Å². The summed E-state index contributed by atoms with van der Waals surface area (Å²) in [5.41, 5.74) is 4.12. The lowest BCUT2D eigenvalue weighted by molar-refractivity contribution is -0.137. The van der Waals surface area contributed by atoms with Crippen LogP contribution in [0.15, 0.2) is 41.4 Å². The number of rotatable bonds is 21. The largest absolute Gasteiger partial charge is 0.490 e. The Kier molecular flexibility index (Phi) is 14.8. The number of pyridine rings is 2. The molecule has 0 radical (unpaired) electrons. The number of benzene rings is 1. The quantitative estimate of drug-likeness (QED) is 0.0532. The van der Waals surface area contributed by atoms with Gasteiger partial charge in [-0.2, -0.15) is 0 Å². The molecule has 14 nitrogen and oxygen atoms in total. The Hall–Kier alpha value is -5.54. The number of imide groups is 1. The number of Topliss-reactive ketones (excluding diaryl/α,β-unsaturated/α-hetero) is 1. The van der Waals surface area contributed by atoms with Gasteiger partial charge in [-0.25, -0.2) is 9.37 Å². The summed E-state index contributed by atoms with van der Waals surface area (Å²) in [6.45, 7) is 15.8. The molecule has 2 aromatic heterocycles. The van der Waals surface area contributed by atoms with Crippen LogP contribution in [0.2, 0.25) is 0 Å². The molecular weight excluding hydrogens is 810 g/mol. The minimum absolute atomic E-state index is 0.0218. The van der Waals surface area contributed by atoms with Crippen molar-refractivity contribution < 1.29 is 42.9 Å². The van der Waals surface area contributed by atoms with E-state index in [2.05, 4.69) is 17.2 Å². The van der Waals surface area contributed by atoms with Gasteiger partial charge in [-0.3, -0.25) is 33.7 Å². The van der Waals surface area contributed by atoms with Crippen LogP contribution in [0.5, 0.6) is 0 Å². The smallest absolute Gasteiger partial charge is 0.258 e. The maximum Gasteiger partial charge on any atom is 0.258 e. The van der Waals surface area contributed by atoms with Crippen LogP contribution in [0, 0.1) is 24.6 Å². The number of aromatic nitrogens is 2. The van der Waals surface area contributed by atoms with Gasteiger partial charge >= 0.3 is 0 Å². The second-order valence-corrected chi connectivity index (χ2v) is 17.2. The summed E-state index contributed by atoms with van der Waals surface area (Å²) >= 11 is 0. The molecule has 3 aliphatic rings. The molecule has 3 aromatic rings. The zero-order valence-corrected chi connectivity index (χ0v) is 37.3. The summed E-state index contributed by atoms with van der Waals surface area (Å²) in [5.74, 6) is -2.52. The average molecular weight is 870 g/mol. The number of nitrogens with one attached hydrogen (secondary N) is 2. The van der Waals surface area contributed by atoms with E-state index in [9.17, 15) is 33.9 Å². The predicted octanol–water partition coefficient (Wildman–Crippen LogP) is 5.71. The standard InChI is InChI=1S/C48H60FN5O9/c1-8-31-33-24-54-38(22-35-34(47(54)60)25-63-30(7)48(35,61)9-2)45(33)51-37-23-36(49)29(6)32(43(31)37)15-12-14-20-62-26-50-46(59)28(5)21-39(55)44(27(3)4)52-40(56)16-11-10-13-19-53-41(57)17-18-42(53)58/h17-18,22-23,27-28,44,61H,7-16,19-21,24-26H2,1-6H3,(H,50,59)(H,52,56)/t28-,44+,48-/m1/s1. The highest BCUT2D eigenvalue weighted by atomic mass is 19.1. The van der Waals surface area contributed by atoms with Gasteiger partial charge in [0.25, 0.3) is 17.4 Å². The van der Waals surface area contributed by atoms with Crippen molar-refractivity contribution in [3.63, 3.8) is 0 Å². The monoisotopic (exact) mass is 869 g/mol. The summed E-state index contributed by atoms with van der Waals surface area (Å²) in [6.07, 6.45) is 7.14. The fraction of sp³-hybridized carbons (Fsp3) is 0.521. The number of hydrogen-bond donors (Lipinski definition) is 3. The Balaban J connectivity index is 0.985. The number of ketones is 1. The molecule has 0 saturated carbocycles. The average Bonchev–Trinajstić information content (AvgIpc) is 3.78. The van der Waals surface area contributed by atoms with Crippen LogP contribution in [-0.2, 0) is 65.0 Å². The number of aliphatic hydroxyl groups is 1. The molecule has 0 saturated heterocycles. The highest BCUT2D eigenvalue weighted by molar-refractivity contribution is 6.12. The van der Waals surface area contributed by atoms with Gasteiger partial charge in [0.2, 0.25) is 11.8 Å². The molecule has 3 aliphatic heterocycles. The SMILES string of the molecule is C=C1OCc2c(cc3n(c2=O)Cc2c-3nc3cc(F)c(C)c(CCCCOCNC(=O)[C@H](C)CC(=O)[C@@H](NC(=O)CCCCCN4C(=O)C=CC4=O)C(C)C)c3c2CC)[C@@]1(O)CC. The normalized spacial score (nSPS) is 17.5. The number of carbonyl (C=O) groups is 5. The first-order valence-electron chi connectivity index (χ1n) is 22.2. The molecule has 0 bridgehead atoms. The number of unbranched alkanes of at least 4 members (excludes halogenated alkanes) is 3. The van der Waals surface area contributed by atoms with Gasteiger partial charge in [0.1, 0.15) is 30.5 Å². The topological polar surface area (TPSA) is 186 Å². The molecule has 6 rings (SSSR count). The number of fused-ring (bicyclic) bond motifs is 5. The first-order valence-corrected chi connectivity index (χ1v) is 22.2. The Morgan fingerprint density at radius 1 is 1.02 bits per heavy atom. The molecule has 63 heavy (non-hydrogen) atoms. The van der Waals surface area contributed by atoms with E-state index in [-0.39, 0.29) is 85.1 Å². The van der Waals surface area contributed by atoms with E-state index in [4.69, 9.17) is 14.5 Å². The van der Waals surface area contributed by atoms with Gasteiger partial charge in [-0.05, 0) is 80.5 Å². The maximum atomic E-state index is 15.6. The third kappa shape index (κ3) is 9.69. The van der Waals surface area contributed by atoms with Gasteiger partial charge in [-0.1, -0.05) is 47.6 Å². The highest BCUT2D eigenvalue weighted by Crippen LogP contribution is 2.43. The maximum absolute atomic E-state index is 15.6. The van der Waals surface area contributed by atoms with E-state index < -0.39 is 17.6 Å². The lowest BCUT2D eigenvalue weighted by Crippen LogP contribution is -2.45. The Bertz CT molecular complexity index is 2400. The number of ether oxygens (including phenoxy) is 2. The third-order valence-corrected chi connectivity index (χ3v) is 12.7. The first-order chi connectivity index (χ1) is 30.0. The number of hydrogen-bond acceptors (Lipinski definition) is 10. The molecule has 3 N–H and O–H groups in total. The molecule has 0 fully saturated rings. The molecule has 5 heterocycles.